The summed E-state index contributed by atoms with van der Waals surface area (Å²) < 4.78 is 9.89. The molecule has 0 heterocycles. The highest BCUT2D eigenvalue weighted by atomic mass is 16.5. The summed E-state index contributed by atoms with van der Waals surface area (Å²) in [5.74, 6) is 0.317. The van der Waals surface area contributed by atoms with Gasteiger partial charge in [0.05, 0.1) is 31.8 Å². The van der Waals surface area contributed by atoms with Crippen molar-refractivity contribution in [3.63, 3.8) is 0 Å². The Balaban J connectivity index is 2.60. The Morgan fingerprint density at radius 2 is 2.25 bits per heavy atom. The third kappa shape index (κ3) is 3.28. The van der Waals surface area contributed by atoms with Crippen LogP contribution in [0, 0.1) is 18.3 Å². The van der Waals surface area contributed by atoms with E-state index in [-0.39, 0.29) is 19.0 Å². The normalized spacial score (nSPS) is 9.31. The minimum atomic E-state index is -0.311. The molecule has 0 aliphatic heterocycles. The van der Waals surface area contributed by atoms with Crippen molar-refractivity contribution in [2.24, 2.45) is 0 Å². The van der Waals surface area contributed by atoms with E-state index in [1.54, 1.807) is 12.1 Å². The number of aryl methyl sites for hydroxylation is 1. The molecule has 84 valence electrons. The highest BCUT2D eigenvalue weighted by Crippen LogP contribution is 2.19. The molecule has 0 N–H and O–H groups in total. The number of esters is 1. The zero-order valence-corrected chi connectivity index (χ0v) is 9.32. The summed E-state index contributed by atoms with van der Waals surface area (Å²) in [5, 5.41) is 8.72. The minimum absolute atomic E-state index is 0.201. The quantitative estimate of drug-likeness (QED) is 0.724. The molecule has 1 aromatic carbocycles. The van der Waals surface area contributed by atoms with Crippen molar-refractivity contribution in [3.05, 3.63) is 29.3 Å². The highest BCUT2D eigenvalue weighted by Gasteiger charge is 2.04. The molecule has 1 aromatic rings. The molecular weight excluding hydrogens is 206 g/mol. The third-order valence-corrected chi connectivity index (χ3v) is 2.11. The molecule has 0 radical (unpaired) electrons. The second-order valence-electron chi connectivity index (χ2n) is 3.27. The molecule has 0 saturated carbocycles. The van der Waals surface area contributed by atoms with Crippen LogP contribution in [0.2, 0.25) is 0 Å². The van der Waals surface area contributed by atoms with Crippen molar-refractivity contribution in [1.82, 2.24) is 0 Å². The molecule has 4 heteroatoms. The zero-order chi connectivity index (χ0) is 12.0. The van der Waals surface area contributed by atoms with E-state index in [0.717, 1.165) is 5.56 Å². The van der Waals surface area contributed by atoms with Gasteiger partial charge in [0.1, 0.15) is 5.75 Å². The lowest BCUT2D eigenvalue weighted by Gasteiger charge is -2.08. The first kappa shape index (κ1) is 12.1. The molecule has 0 saturated heterocycles. The molecule has 0 amide bonds. The number of rotatable bonds is 4. The van der Waals surface area contributed by atoms with Crippen molar-refractivity contribution < 1.29 is 14.3 Å². The molecule has 0 fully saturated rings. The zero-order valence-electron chi connectivity index (χ0n) is 9.32. The highest BCUT2D eigenvalue weighted by molar-refractivity contribution is 5.69. The predicted octanol–water partition coefficient (Wildman–Crippen LogP) is 1.81. The molecule has 0 unspecified atom stereocenters. The lowest BCUT2D eigenvalue weighted by Crippen LogP contribution is -2.08. The second-order valence-corrected chi connectivity index (χ2v) is 3.27. The monoisotopic (exact) mass is 219 g/mol. The fraction of sp³-hybridized carbons (Fsp3) is 0.333. The van der Waals surface area contributed by atoms with Gasteiger partial charge in [0.15, 0.2) is 0 Å². The molecule has 4 nitrogen and oxygen atoms in total. The maximum atomic E-state index is 10.9. The van der Waals surface area contributed by atoms with Crippen molar-refractivity contribution in [3.8, 4) is 11.8 Å². The number of hydrogen-bond donors (Lipinski definition) is 0. The molecule has 0 aromatic heterocycles. The number of hydrogen-bond acceptors (Lipinski definition) is 4. The van der Waals surface area contributed by atoms with E-state index >= 15 is 0 Å². The van der Waals surface area contributed by atoms with Crippen LogP contribution in [0.15, 0.2) is 18.2 Å². The summed E-state index contributed by atoms with van der Waals surface area (Å²) in [5.41, 5.74) is 1.47. The third-order valence-electron chi connectivity index (χ3n) is 2.11. The van der Waals surface area contributed by atoms with Crippen molar-refractivity contribution in [1.29, 1.82) is 5.26 Å². The molecule has 0 aliphatic rings. The van der Waals surface area contributed by atoms with Crippen LogP contribution >= 0.6 is 0 Å². The number of carbonyl (C=O) groups excluding carboxylic acids is 1. The van der Waals surface area contributed by atoms with Gasteiger partial charge in [-0.15, -0.1) is 0 Å². The number of nitrogens with zero attached hydrogens (tertiary/aromatic N) is 1. The van der Waals surface area contributed by atoms with Crippen LogP contribution in [-0.2, 0) is 9.53 Å². The van der Waals surface area contributed by atoms with Crippen molar-refractivity contribution in [2.45, 2.75) is 13.3 Å². The summed E-state index contributed by atoms with van der Waals surface area (Å²) >= 11 is 0. The lowest BCUT2D eigenvalue weighted by atomic mass is 10.1. The van der Waals surface area contributed by atoms with Crippen LogP contribution in [0.25, 0.3) is 0 Å². The fourth-order valence-corrected chi connectivity index (χ4v) is 1.17. The van der Waals surface area contributed by atoms with E-state index in [2.05, 4.69) is 4.74 Å². The van der Waals surface area contributed by atoms with E-state index < -0.39 is 0 Å². The summed E-state index contributed by atoms with van der Waals surface area (Å²) in [6, 6.07) is 7.23. The average molecular weight is 219 g/mol. The topological polar surface area (TPSA) is 59.3 Å². The maximum absolute atomic E-state index is 10.9. The van der Waals surface area contributed by atoms with Gasteiger partial charge in [0, 0.05) is 0 Å². The summed E-state index contributed by atoms with van der Waals surface area (Å²) in [6.45, 7) is 2.14. The van der Waals surface area contributed by atoms with Crippen molar-refractivity contribution in [2.75, 3.05) is 13.7 Å². The van der Waals surface area contributed by atoms with E-state index in [1.165, 1.54) is 7.11 Å². The van der Waals surface area contributed by atoms with Gasteiger partial charge in [-0.25, -0.2) is 0 Å². The largest absolute Gasteiger partial charge is 0.493 e. The summed E-state index contributed by atoms with van der Waals surface area (Å²) in [7, 11) is 1.34. The molecule has 0 aliphatic carbocycles. The Labute approximate surface area is 94.4 Å². The van der Waals surface area contributed by atoms with Gasteiger partial charge in [-0.3, -0.25) is 4.79 Å². The first-order valence-corrected chi connectivity index (χ1v) is 4.87. The summed E-state index contributed by atoms with van der Waals surface area (Å²) in [6.07, 6.45) is 0.201. The number of ether oxygens (including phenoxy) is 2. The maximum Gasteiger partial charge on any atom is 0.308 e. The van der Waals surface area contributed by atoms with Crippen molar-refractivity contribution >= 4 is 5.97 Å². The molecule has 16 heavy (non-hydrogen) atoms. The van der Waals surface area contributed by atoms with E-state index in [1.807, 2.05) is 19.1 Å². The number of carbonyl (C=O) groups is 1. The molecule has 0 bridgehead atoms. The Bertz CT molecular complexity index is 421. The average Bonchev–Trinajstić information content (AvgIpc) is 2.31. The van der Waals surface area contributed by atoms with E-state index in [9.17, 15) is 4.79 Å². The number of methoxy groups -OCH3 is 1. The van der Waals surface area contributed by atoms with Gasteiger partial charge in [-0.2, -0.15) is 5.26 Å². The Morgan fingerprint density at radius 1 is 1.50 bits per heavy atom. The van der Waals surface area contributed by atoms with Crippen LogP contribution in [0.4, 0.5) is 0 Å². The van der Waals surface area contributed by atoms with Gasteiger partial charge >= 0.3 is 5.97 Å². The smallest absolute Gasteiger partial charge is 0.308 e. The molecule has 1 rings (SSSR count). The first-order valence-electron chi connectivity index (χ1n) is 4.87. The van der Waals surface area contributed by atoms with Crippen LogP contribution in [0.5, 0.6) is 5.75 Å². The van der Waals surface area contributed by atoms with Gasteiger partial charge < -0.3 is 9.47 Å². The van der Waals surface area contributed by atoms with E-state index in [0.29, 0.717) is 11.3 Å². The van der Waals surface area contributed by atoms with Crippen LogP contribution in [0.3, 0.4) is 0 Å². The number of nitriles is 1. The lowest BCUT2D eigenvalue weighted by molar-refractivity contribution is -0.141. The minimum Gasteiger partial charge on any atom is -0.493 e. The van der Waals surface area contributed by atoms with Gasteiger partial charge in [-0.1, -0.05) is 6.07 Å². The van der Waals surface area contributed by atoms with Gasteiger partial charge in [-0.05, 0) is 24.6 Å². The first-order chi connectivity index (χ1) is 7.67. The van der Waals surface area contributed by atoms with E-state index in [4.69, 9.17) is 10.00 Å². The van der Waals surface area contributed by atoms with Crippen LogP contribution in [-0.4, -0.2) is 19.7 Å². The SMILES string of the molecule is COC(=O)CCOc1cc(C#N)ccc1C. The predicted molar refractivity (Wildman–Crippen MR) is 58.0 cm³/mol. The molecule has 0 atom stereocenters. The number of benzene rings is 1. The van der Waals surface area contributed by atoms with Crippen LogP contribution in [0.1, 0.15) is 17.5 Å². The Morgan fingerprint density at radius 3 is 2.88 bits per heavy atom. The molecular formula is C12H13NO3. The standard InChI is InChI=1S/C12H13NO3/c1-9-3-4-10(8-13)7-11(9)16-6-5-12(14)15-2/h3-4,7H,5-6H2,1-2H3. The Kier molecular flexibility index (Phi) is 4.34. The molecule has 0 spiro atoms. The fourth-order valence-electron chi connectivity index (χ4n) is 1.17. The van der Waals surface area contributed by atoms with Gasteiger partial charge in [0.25, 0.3) is 0 Å². The second kappa shape index (κ2) is 5.76. The summed E-state index contributed by atoms with van der Waals surface area (Å²) in [4.78, 5) is 10.9. The van der Waals surface area contributed by atoms with Gasteiger partial charge in [0.2, 0.25) is 0 Å². The van der Waals surface area contributed by atoms with Crippen LogP contribution < -0.4 is 4.74 Å². The Hall–Kier alpha value is -2.02.